The summed E-state index contributed by atoms with van der Waals surface area (Å²) >= 11 is 0. The Kier molecular flexibility index (Phi) is 6.49. The highest BCUT2D eigenvalue weighted by atomic mass is 16.5. The molecule has 152 valence electrons. The second-order valence-corrected chi connectivity index (χ2v) is 7.12. The molecule has 0 unspecified atom stereocenters. The van der Waals surface area contributed by atoms with Crippen LogP contribution >= 0.6 is 0 Å². The van der Waals surface area contributed by atoms with Gasteiger partial charge in [-0.1, -0.05) is 5.57 Å². The maximum atomic E-state index is 12.7. The Morgan fingerprint density at radius 1 is 1.03 bits per heavy atom. The second-order valence-electron chi connectivity index (χ2n) is 7.12. The molecule has 1 saturated heterocycles. The number of carbonyl (C=O) groups is 2. The van der Waals surface area contributed by atoms with Crippen LogP contribution in [0.5, 0.6) is 5.75 Å². The van der Waals surface area contributed by atoms with E-state index in [0.717, 1.165) is 17.1 Å². The van der Waals surface area contributed by atoms with Crippen molar-refractivity contribution in [2.75, 3.05) is 43.5 Å². The number of methoxy groups -OCH3 is 1. The van der Waals surface area contributed by atoms with Gasteiger partial charge in [0.15, 0.2) is 0 Å². The number of carbonyl (C=O) groups excluding carboxylic acids is 2. The zero-order chi connectivity index (χ0) is 20.8. The van der Waals surface area contributed by atoms with Crippen LogP contribution in [0.25, 0.3) is 0 Å². The summed E-state index contributed by atoms with van der Waals surface area (Å²) < 4.78 is 5.14. The minimum atomic E-state index is -0.162. The van der Waals surface area contributed by atoms with Gasteiger partial charge >= 0.3 is 0 Å². The molecule has 7 heteroatoms. The van der Waals surface area contributed by atoms with Crippen LogP contribution in [0.2, 0.25) is 0 Å². The summed E-state index contributed by atoms with van der Waals surface area (Å²) in [4.78, 5) is 32.9. The van der Waals surface area contributed by atoms with Crippen molar-refractivity contribution in [3.05, 3.63) is 59.8 Å². The maximum Gasteiger partial charge on any atom is 0.253 e. The lowest BCUT2D eigenvalue weighted by molar-refractivity contribution is -0.111. The van der Waals surface area contributed by atoms with E-state index in [1.807, 2.05) is 30.9 Å². The molecule has 29 heavy (non-hydrogen) atoms. The monoisotopic (exact) mass is 394 g/mol. The maximum absolute atomic E-state index is 12.7. The van der Waals surface area contributed by atoms with Crippen LogP contribution in [0.15, 0.2) is 54.2 Å². The Balaban J connectivity index is 1.55. The number of anilines is 2. The number of hydrogen-bond donors (Lipinski definition) is 1. The Morgan fingerprint density at radius 3 is 2.28 bits per heavy atom. The van der Waals surface area contributed by atoms with Crippen LogP contribution < -0.4 is 15.0 Å². The van der Waals surface area contributed by atoms with E-state index < -0.39 is 0 Å². The van der Waals surface area contributed by atoms with E-state index in [0.29, 0.717) is 37.4 Å². The Hall–Kier alpha value is -3.35. The number of aromatic nitrogens is 1. The minimum absolute atomic E-state index is 0.0256. The summed E-state index contributed by atoms with van der Waals surface area (Å²) in [5, 5.41) is 2.79. The molecule has 2 aromatic rings. The van der Waals surface area contributed by atoms with Gasteiger partial charge in [0.2, 0.25) is 5.91 Å². The number of ether oxygens (including phenoxy) is 1. The fourth-order valence-electron chi connectivity index (χ4n) is 3.14. The van der Waals surface area contributed by atoms with Crippen molar-refractivity contribution in [3.8, 4) is 5.75 Å². The quantitative estimate of drug-likeness (QED) is 0.789. The van der Waals surface area contributed by atoms with Crippen molar-refractivity contribution in [3.63, 3.8) is 0 Å². The molecule has 0 aliphatic carbocycles. The van der Waals surface area contributed by atoms with E-state index in [9.17, 15) is 9.59 Å². The van der Waals surface area contributed by atoms with E-state index in [1.165, 1.54) is 0 Å². The van der Waals surface area contributed by atoms with Gasteiger partial charge in [-0.3, -0.25) is 9.59 Å². The third-order valence-corrected chi connectivity index (χ3v) is 4.66. The van der Waals surface area contributed by atoms with Crippen molar-refractivity contribution < 1.29 is 14.3 Å². The first kappa shape index (κ1) is 20.4. The number of amides is 2. The van der Waals surface area contributed by atoms with E-state index in [2.05, 4.69) is 15.2 Å². The average molecular weight is 394 g/mol. The third-order valence-electron chi connectivity index (χ3n) is 4.66. The fraction of sp³-hybridized carbons (Fsp3) is 0.318. The Labute approximate surface area is 171 Å². The lowest BCUT2D eigenvalue weighted by atomic mass is 10.1. The summed E-state index contributed by atoms with van der Waals surface area (Å²) in [6.45, 7) is 6.42. The zero-order valence-corrected chi connectivity index (χ0v) is 17.0. The molecule has 1 aromatic carbocycles. The summed E-state index contributed by atoms with van der Waals surface area (Å²) in [6.07, 6.45) is 3.20. The molecular weight excluding hydrogens is 368 g/mol. The van der Waals surface area contributed by atoms with Crippen molar-refractivity contribution in [2.45, 2.75) is 13.8 Å². The predicted molar refractivity (Wildman–Crippen MR) is 113 cm³/mol. The highest BCUT2D eigenvalue weighted by molar-refractivity contribution is 5.99. The smallest absolute Gasteiger partial charge is 0.253 e. The zero-order valence-electron chi connectivity index (χ0n) is 17.0. The Morgan fingerprint density at radius 2 is 1.72 bits per heavy atom. The van der Waals surface area contributed by atoms with Gasteiger partial charge in [0, 0.05) is 37.8 Å². The minimum Gasteiger partial charge on any atom is -0.497 e. The van der Waals surface area contributed by atoms with Gasteiger partial charge in [0.05, 0.1) is 19.0 Å². The summed E-state index contributed by atoms with van der Waals surface area (Å²) in [5.41, 5.74) is 2.26. The number of rotatable bonds is 5. The topological polar surface area (TPSA) is 74.8 Å². The van der Waals surface area contributed by atoms with Crippen LogP contribution in [0.1, 0.15) is 24.2 Å². The molecule has 1 aromatic heterocycles. The largest absolute Gasteiger partial charge is 0.497 e. The van der Waals surface area contributed by atoms with E-state index in [-0.39, 0.29) is 11.8 Å². The standard InChI is InChI=1S/C22H26N4O3/c1-16(2)14-21(27)24-18-6-9-20(23-15-18)25-10-12-26(13-11-25)22(28)17-4-7-19(29-3)8-5-17/h4-9,14-15H,10-13H2,1-3H3,(H,24,27). The van der Waals surface area contributed by atoms with E-state index >= 15 is 0 Å². The summed E-state index contributed by atoms with van der Waals surface area (Å²) in [6, 6.07) is 10.9. The van der Waals surface area contributed by atoms with Gasteiger partial charge in [-0.15, -0.1) is 0 Å². The summed E-state index contributed by atoms with van der Waals surface area (Å²) in [7, 11) is 1.60. The lowest BCUT2D eigenvalue weighted by Crippen LogP contribution is -2.49. The molecule has 0 atom stereocenters. The molecule has 0 spiro atoms. The van der Waals surface area contributed by atoms with Crippen LogP contribution in [0.4, 0.5) is 11.5 Å². The first-order chi connectivity index (χ1) is 14.0. The molecule has 0 bridgehead atoms. The van der Waals surface area contributed by atoms with Gasteiger partial charge in [0.1, 0.15) is 11.6 Å². The number of benzene rings is 1. The molecule has 3 rings (SSSR count). The first-order valence-corrected chi connectivity index (χ1v) is 9.56. The number of nitrogens with one attached hydrogen (secondary N) is 1. The third kappa shape index (κ3) is 5.34. The molecule has 1 N–H and O–H groups in total. The van der Waals surface area contributed by atoms with Crippen LogP contribution in [0, 0.1) is 0 Å². The number of pyridine rings is 1. The van der Waals surface area contributed by atoms with Gasteiger partial charge in [0.25, 0.3) is 5.91 Å². The Bertz CT molecular complexity index is 879. The number of hydrogen-bond acceptors (Lipinski definition) is 5. The molecule has 0 radical (unpaired) electrons. The van der Waals surface area contributed by atoms with Crippen molar-refractivity contribution in [2.24, 2.45) is 0 Å². The van der Waals surface area contributed by atoms with Crippen molar-refractivity contribution >= 4 is 23.3 Å². The van der Waals surface area contributed by atoms with Gasteiger partial charge in [-0.2, -0.15) is 0 Å². The molecule has 1 aliphatic heterocycles. The van der Waals surface area contributed by atoms with Gasteiger partial charge < -0.3 is 19.9 Å². The van der Waals surface area contributed by atoms with Gasteiger partial charge in [-0.25, -0.2) is 4.98 Å². The molecule has 0 saturated carbocycles. The summed E-state index contributed by atoms with van der Waals surface area (Å²) in [5.74, 6) is 1.43. The lowest BCUT2D eigenvalue weighted by Gasteiger charge is -2.35. The van der Waals surface area contributed by atoms with E-state index in [4.69, 9.17) is 4.74 Å². The van der Waals surface area contributed by atoms with Crippen molar-refractivity contribution in [1.29, 1.82) is 0 Å². The van der Waals surface area contributed by atoms with Crippen LogP contribution in [0.3, 0.4) is 0 Å². The normalized spacial score (nSPS) is 13.6. The molecule has 2 amide bonds. The van der Waals surface area contributed by atoms with E-state index in [1.54, 1.807) is 43.6 Å². The van der Waals surface area contributed by atoms with Crippen LogP contribution in [-0.4, -0.2) is 55.0 Å². The molecule has 7 nitrogen and oxygen atoms in total. The number of nitrogens with zero attached hydrogens (tertiary/aromatic N) is 3. The number of piperazine rings is 1. The van der Waals surface area contributed by atoms with Crippen molar-refractivity contribution in [1.82, 2.24) is 9.88 Å². The predicted octanol–water partition coefficient (Wildman–Crippen LogP) is 2.96. The fourth-order valence-corrected chi connectivity index (χ4v) is 3.14. The molecule has 2 heterocycles. The van der Waals surface area contributed by atoms with Gasteiger partial charge in [-0.05, 0) is 50.2 Å². The first-order valence-electron chi connectivity index (χ1n) is 9.56. The molecule has 1 fully saturated rings. The SMILES string of the molecule is COc1ccc(C(=O)N2CCN(c3ccc(NC(=O)C=C(C)C)cn3)CC2)cc1. The molecular formula is C22H26N4O3. The highest BCUT2D eigenvalue weighted by Gasteiger charge is 2.22. The number of allylic oxidation sites excluding steroid dienone is 1. The highest BCUT2D eigenvalue weighted by Crippen LogP contribution is 2.18. The average Bonchev–Trinajstić information content (AvgIpc) is 2.73. The molecule has 1 aliphatic rings. The van der Waals surface area contributed by atoms with Crippen LogP contribution in [-0.2, 0) is 4.79 Å². The second kappa shape index (κ2) is 9.23.